The first-order valence-electron chi connectivity index (χ1n) is 10.4. The number of ether oxygens (including phenoxy) is 4. The van der Waals surface area contributed by atoms with Crippen molar-refractivity contribution in [1.29, 1.82) is 0 Å². The molecule has 13 heteroatoms. The molecule has 0 aromatic heterocycles. The lowest BCUT2D eigenvalue weighted by Gasteiger charge is -2.18. The van der Waals surface area contributed by atoms with Crippen LogP contribution in [0.3, 0.4) is 0 Å². The van der Waals surface area contributed by atoms with E-state index in [1.54, 1.807) is 0 Å². The van der Waals surface area contributed by atoms with Crippen molar-refractivity contribution in [2.45, 2.75) is 35.8 Å². The van der Waals surface area contributed by atoms with Gasteiger partial charge in [0.05, 0.1) is 27.7 Å². The Morgan fingerprint density at radius 3 is 1.26 bits per heavy atom. The van der Waals surface area contributed by atoms with Gasteiger partial charge in [-0.15, -0.1) is 0 Å². The van der Waals surface area contributed by atoms with E-state index in [2.05, 4.69) is 95.6 Å². The van der Waals surface area contributed by atoms with Crippen LogP contribution >= 0.6 is 95.6 Å². The molecule has 0 heterocycles. The quantitative estimate of drug-likeness (QED) is 0.180. The molecule has 196 valence electrons. The van der Waals surface area contributed by atoms with Gasteiger partial charge in [0, 0.05) is 23.9 Å². The summed E-state index contributed by atoms with van der Waals surface area (Å²) in [6.07, 6.45) is -0.257. The first kappa shape index (κ1) is 32.0. The molecule has 2 aromatic rings. The van der Waals surface area contributed by atoms with E-state index in [-0.39, 0.29) is 22.0 Å². The van der Waals surface area contributed by atoms with Crippen LogP contribution in [-0.4, -0.2) is 57.7 Å². The van der Waals surface area contributed by atoms with E-state index in [4.69, 9.17) is 18.9 Å². The summed E-state index contributed by atoms with van der Waals surface area (Å²) in [6.45, 7) is 5.58. The normalized spacial score (nSPS) is 13.5. The third-order valence-electron chi connectivity index (χ3n) is 4.54. The van der Waals surface area contributed by atoms with Gasteiger partial charge < -0.3 is 18.9 Å². The summed E-state index contributed by atoms with van der Waals surface area (Å²) in [5.41, 5.74) is 0. The van der Waals surface area contributed by atoms with Crippen LogP contribution in [-0.2, 0) is 19.3 Å². The van der Waals surface area contributed by atoms with Crippen LogP contribution in [0.25, 0.3) is 0 Å². The van der Waals surface area contributed by atoms with E-state index in [0.717, 1.165) is 0 Å². The molecule has 2 rings (SSSR count). The third-order valence-corrected chi connectivity index (χ3v) is 10.1. The molecule has 35 heavy (non-hydrogen) atoms. The van der Waals surface area contributed by atoms with Crippen molar-refractivity contribution in [3.05, 3.63) is 42.2 Å². The van der Waals surface area contributed by atoms with Gasteiger partial charge in [0.2, 0.25) is 9.84 Å². The fraction of sp³-hybridized carbons (Fsp3) is 0.455. The van der Waals surface area contributed by atoms with Crippen LogP contribution in [0.1, 0.15) is 13.8 Å². The average Bonchev–Trinajstić information content (AvgIpc) is 2.81. The van der Waals surface area contributed by atoms with E-state index in [1.807, 2.05) is 13.8 Å². The molecule has 2 aromatic carbocycles. The molecule has 0 aliphatic carbocycles. The molecule has 0 N–H and O–H groups in total. The largest absolute Gasteiger partial charge is 0.488 e. The van der Waals surface area contributed by atoms with Gasteiger partial charge >= 0.3 is 0 Å². The van der Waals surface area contributed by atoms with Crippen molar-refractivity contribution in [3.63, 3.8) is 0 Å². The van der Waals surface area contributed by atoms with Gasteiger partial charge in [-0.2, -0.15) is 0 Å². The predicted octanol–water partition coefficient (Wildman–Crippen LogP) is 7.93. The topological polar surface area (TPSA) is 71.1 Å². The molecule has 0 saturated carbocycles. The number of alkyl halides is 2. The zero-order valence-corrected chi connectivity index (χ0v) is 29.2. The van der Waals surface area contributed by atoms with Crippen molar-refractivity contribution in [1.82, 2.24) is 0 Å². The Bertz CT molecular complexity index is 972. The van der Waals surface area contributed by atoms with Gasteiger partial charge in [-0.3, -0.25) is 0 Å². The predicted molar refractivity (Wildman–Crippen MR) is 159 cm³/mol. The van der Waals surface area contributed by atoms with Crippen molar-refractivity contribution in [3.8, 4) is 11.5 Å². The first-order valence-corrected chi connectivity index (χ1v) is 17.3. The van der Waals surface area contributed by atoms with Crippen molar-refractivity contribution >= 4 is 105 Å². The number of sulfone groups is 1. The fourth-order valence-corrected chi connectivity index (χ4v) is 8.44. The second kappa shape index (κ2) is 15.4. The van der Waals surface area contributed by atoms with E-state index >= 15 is 0 Å². The Balaban J connectivity index is 2.30. The Morgan fingerprint density at radius 2 is 1.00 bits per heavy atom. The van der Waals surface area contributed by atoms with Crippen LogP contribution in [0.15, 0.2) is 51.9 Å². The molecule has 0 saturated heterocycles. The number of benzene rings is 2. The fourth-order valence-electron chi connectivity index (χ4n) is 2.89. The monoisotopic (exact) mass is 890 g/mol. The van der Waals surface area contributed by atoms with Crippen LogP contribution in [0.2, 0.25) is 0 Å². The molecule has 2 atom stereocenters. The number of rotatable bonds is 14. The van der Waals surface area contributed by atoms with Crippen LogP contribution in [0.5, 0.6) is 11.5 Å². The van der Waals surface area contributed by atoms with Crippen molar-refractivity contribution in [2.24, 2.45) is 0 Å². The molecular formula is C22H24Br6O6S. The van der Waals surface area contributed by atoms with E-state index < -0.39 is 9.84 Å². The summed E-state index contributed by atoms with van der Waals surface area (Å²) in [6, 6.07) is 6.09. The number of hydrogen-bond acceptors (Lipinski definition) is 6. The summed E-state index contributed by atoms with van der Waals surface area (Å²) in [5, 5.41) is 1.24. The van der Waals surface area contributed by atoms with Crippen LogP contribution < -0.4 is 9.47 Å². The molecule has 0 aliphatic rings. The van der Waals surface area contributed by atoms with Crippen molar-refractivity contribution < 1.29 is 27.4 Å². The standard InChI is InChI=1S/C22H24Br6O6S/c1-3-31-13(9-23)11-33-21-17(25)5-15(6-18(21)26)35(29,30)16-7-19(27)22(20(28)8-16)34-12-14(10-24)32-4-2/h5-8,13-14H,3-4,9-12H2,1-2H3. The maximum absolute atomic E-state index is 13.4. The summed E-state index contributed by atoms with van der Waals surface area (Å²) in [4.78, 5) is 0.210. The Hall–Kier alpha value is 0.790. The highest BCUT2D eigenvalue weighted by molar-refractivity contribution is 9.11. The maximum atomic E-state index is 13.4. The Morgan fingerprint density at radius 1 is 0.686 bits per heavy atom. The lowest BCUT2D eigenvalue weighted by Crippen LogP contribution is -2.23. The molecule has 2 unspecified atom stereocenters. The second-order valence-corrected chi connectivity index (χ2v) is 13.7. The van der Waals surface area contributed by atoms with Gasteiger partial charge in [0.25, 0.3) is 0 Å². The minimum Gasteiger partial charge on any atom is -0.488 e. The molecule has 0 spiro atoms. The smallest absolute Gasteiger partial charge is 0.206 e. The maximum Gasteiger partial charge on any atom is 0.206 e. The highest BCUT2D eigenvalue weighted by Gasteiger charge is 2.24. The van der Waals surface area contributed by atoms with E-state index in [9.17, 15) is 8.42 Å². The molecular weight excluding hydrogens is 872 g/mol. The summed E-state index contributed by atoms with van der Waals surface area (Å²) in [7, 11) is -3.85. The molecule has 0 fully saturated rings. The van der Waals surface area contributed by atoms with Crippen LogP contribution in [0.4, 0.5) is 0 Å². The van der Waals surface area contributed by atoms with Crippen molar-refractivity contribution in [2.75, 3.05) is 37.1 Å². The van der Waals surface area contributed by atoms with Gasteiger partial charge in [0.15, 0.2) is 0 Å². The highest BCUT2D eigenvalue weighted by Crippen LogP contribution is 2.41. The zero-order chi connectivity index (χ0) is 26.2. The molecule has 0 aliphatic heterocycles. The zero-order valence-electron chi connectivity index (χ0n) is 18.8. The summed E-state index contributed by atoms with van der Waals surface area (Å²) in [5.74, 6) is 0.993. The Kier molecular flexibility index (Phi) is 14.1. The van der Waals surface area contributed by atoms with E-state index in [0.29, 0.717) is 66.5 Å². The minimum atomic E-state index is -3.85. The van der Waals surface area contributed by atoms with Gasteiger partial charge in [0.1, 0.15) is 36.9 Å². The third kappa shape index (κ3) is 8.91. The Labute approximate surface area is 256 Å². The summed E-state index contributed by atoms with van der Waals surface area (Å²) < 4.78 is 51.8. The first-order chi connectivity index (χ1) is 16.6. The molecule has 0 bridgehead atoms. The SMILES string of the molecule is CCOC(CBr)COc1c(Br)cc(S(=O)(=O)c2cc(Br)c(OCC(CBr)OCC)c(Br)c2)cc1Br. The van der Waals surface area contributed by atoms with Gasteiger partial charge in [-0.25, -0.2) is 8.42 Å². The second-order valence-electron chi connectivity index (χ2n) is 7.02. The van der Waals surface area contributed by atoms with Gasteiger partial charge in [-0.05, 0) is 102 Å². The highest BCUT2D eigenvalue weighted by atomic mass is 79.9. The average molecular weight is 896 g/mol. The van der Waals surface area contributed by atoms with E-state index in [1.165, 1.54) is 24.3 Å². The van der Waals surface area contributed by atoms with Crippen LogP contribution in [0, 0.1) is 0 Å². The minimum absolute atomic E-state index is 0.105. The lowest BCUT2D eigenvalue weighted by atomic mass is 10.3. The molecule has 0 amide bonds. The molecule has 0 radical (unpaired) electrons. The van der Waals surface area contributed by atoms with Gasteiger partial charge in [-0.1, -0.05) is 31.9 Å². The summed E-state index contributed by atoms with van der Waals surface area (Å²) >= 11 is 20.6. The number of halogens is 6. The lowest BCUT2D eigenvalue weighted by molar-refractivity contribution is 0.0436. The number of hydrogen-bond donors (Lipinski definition) is 0. The molecule has 6 nitrogen and oxygen atoms in total.